The summed E-state index contributed by atoms with van der Waals surface area (Å²) in [6, 6.07) is 8.25. The molecular weight excluding hydrogens is 248 g/mol. The lowest BCUT2D eigenvalue weighted by molar-refractivity contribution is 0.242. The summed E-state index contributed by atoms with van der Waals surface area (Å²) in [6.45, 7) is 8.77. The third-order valence-electron chi connectivity index (χ3n) is 3.66. The van der Waals surface area contributed by atoms with E-state index in [0.717, 1.165) is 24.5 Å². The van der Waals surface area contributed by atoms with Gasteiger partial charge in [0, 0.05) is 24.8 Å². The monoisotopic (exact) mass is 276 g/mol. The van der Waals surface area contributed by atoms with Gasteiger partial charge >= 0.3 is 0 Å². The van der Waals surface area contributed by atoms with Gasteiger partial charge in [-0.25, -0.2) is 0 Å². The van der Waals surface area contributed by atoms with Gasteiger partial charge in [0.25, 0.3) is 0 Å². The molecule has 20 heavy (non-hydrogen) atoms. The van der Waals surface area contributed by atoms with Crippen molar-refractivity contribution >= 4 is 5.69 Å². The summed E-state index contributed by atoms with van der Waals surface area (Å²) in [5, 5.41) is 3.50. The minimum Gasteiger partial charge on any atom is -0.491 e. The van der Waals surface area contributed by atoms with Gasteiger partial charge in [0.15, 0.2) is 0 Å². The van der Waals surface area contributed by atoms with Gasteiger partial charge in [-0.3, -0.25) is 0 Å². The van der Waals surface area contributed by atoms with E-state index >= 15 is 0 Å². The van der Waals surface area contributed by atoms with Gasteiger partial charge in [-0.15, -0.1) is 0 Å². The van der Waals surface area contributed by atoms with Gasteiger partial charge in [-0.1, -0.05) is 18.9 Å². The first-order valence-corrected chi connectivity index (χ1v) is 7.97. The van der Waals surface area contributed by atoms with Crippen LogP contribution in [0.25, 0.3) is 0 Å². The number of anilines is 1. The number of rotatable bonds is 6. The summed E-state index contributed by atoms with van der Waals surface area (Å²) in [5.74, 6) is 0.944. The van der Waals surface area contributed by atoms with E-state index in [1.165, 1.54) is 38.8 Å². The minimum atomic E-state index is 0.224. The Bertz CT molecular complexity index is 384. The molecule has 3 nitrogen and oxygen atoms in total. The standard InChI is InChI=1S/C17H28N2O/c1-15(2)20-17-9-7-8-16(14-17)18-10-13-19-11-5-3-4-6-12-19/h7-9,14-15,18H,3-6,10-13H2,1-2H3. The van der Waals surface area contributed by atoms with Crippen LogP contribution in [-0.2, 0) is 0 Å². The van der Waals surface area contributed by atoms with Gasteiger partial charge < -0.3 is 15.0 Å². The van der Waals surface area contributed by atoms with Crippen LogP contribution in [0.2, 0.25) is 0 Å². The summed E-state index contributed by atoms with van der Waals surface area (Å²) in [7, 11) is 0. The SMILES string of the molecule is CC(C)Oc1cccc(NCCN2CCCCCC2)c1. The molecule has 1 N–H and O–H groups in total. The number of likely N-dealkylation sites (tertiary alicyclic amines) is 1. The van der Waals surface area contributed by atoms with Crippen LogP contribution in [0, 0.1) is 0 Å². The van der Waals surface area contributed by atoms with Crippen molar-refractivity contribution in [2.45, 2.75) is 45.6 Å². The molecule has 112 valence electrons. The van der Waals surface area contributed by atoms with E-state index in [0.29, 0.717) is 0 Å². The number of nitrogens with one attached hydrogen (secondary N) is 1. The summed E-state index contributed by atoms with van der Waals surface area (Å²) in [4.78, 5) is 2.58. The zero-order chi connectivity index (χ0) is 14.2. The number of nitrogens with zero attached hydrogens (tertiary/aromatic N) is 1. The Labute approximate surface area is 123 Å². The van der Waals surface area contributed by atoms with Gasteiger partial charge in [0.1, 0.15) is 5.75 Å². The molecule has 1 saturated heterocycles. The predicted octanol–water partition coefficient (Wildman–Crippen LogP) is 3.76. The maximum absolute atomic E-state index is 5.72. The maximum atomic E-state index is 5.72. The van der Waals surface area contributed by atoms with Crippen molar-refractivity contribution in [2.24, 2.45) is 0 Å². The van der Waals surface area contributed by atoms with Gasteiger partial charge in [-0.2, -0.15) is 0 Å². The molecule has 2 rings (SSSR count). The molecule has 1 aliphatic rings. The average Bonchev–Trinajstić information content (AvgIpc) is 2.67. The first kappa shape index (κ1) is 15.2. The van der Waals surface area contributed by atoms with Crippen molar-refractivity contribution in [1.29, 1.82) is 0 Å². The van der Waals surface area contributed by atoms with Crippen LogP contribution in [0.5, 0.6) is 5.75 Å². The highest BCUT2D eigenvalue weighted by Crippen LogP contribution is 2.18. The largest absolute Gasteiger partial charge is 0.491 e. The zero-order valence-corrected chi connectivity index (χ0v) is 12.9. The zero-order valence-electron chi connectivity index (χ0n) is 12.9. The fourth-order valence-corrected chi connectivity index (χ4v) is 2.67. The summed E-state index contributed by atoms with van der Waals surface area (Å²) >= 11 is 0. The molecule has 1 fully saturated rings. The molecule has 0 radical (unpaired) electrons. The number of hydrogen-bond acceptors (Lipinski definition) is 3. The fraction of sp³-hybridized carbons (Fsp3) is 0.647. The summed E-state index contributed by atoms with van der Waals surface area (Å²) in [6.07, 6.45) is 5.74. The molecule has 0 atom stereocenters. The molecule has 1 aromatic carbocycles. The second kappa shape index (κ2) is 8.15. The van der Waals surface area contributed by atoms with Crippen LogP contribution in [-0.4, -0.2) is 37.2 Å². The van der Waals surface area contributed by atoms with Gasteiger partial charge in [0.2, 0.25) is 0 Å². The third kappa shape index (κ3) is 5.41. The van der Waals surface area contributed by atoms with Gasteiger partial charge in [-0.05, 0) is 51.9 Å². The molecule has 0 saturated carbocycles. The van der Waals surface area contributed by atoms with Crippen molar-refractivity contribution in [3.05, 3.63) is 24.3 Å². The van der Waals surface area contributed by atoms with E-state index in [2.05, 4.69) is 36.2 Å². The van der Waals surface area contributed by atoms with Crippen LogP contribution in [0.15, 0.2) is 24.3 Å². The quantitative estimate of drug-likeness (QED) is 0.856. The number of ether oxygens (including phenoxy) is 1. The van der Waals surface area contributed by atoms with Crippen molar-refractivity contribution < 1.29 is 4.74 Å². The Morgan fingerprint density at radius 3 is 2.60 bits per heavy atom. The molecule has 1 aliphatic heterocycles. The lowest BCUT2D eigenvalue weighted by Gasteiger charge is -2.20. The highest BCUT2D eigenvalue weighted by molar-refractivity contribution is 5.48. The molecule has 1 heterocycles. The molecule has 0 aromatic heterocycles. The van der Waals surface area contributed by atoms with E-state index in [1.807, 2.05) is 12.1 Å². The first-order valence-electron chi connectivity index (χ1n) is 7.97. The van der Waals surface area contributed by atoms with Gasteiger partial charge in [0.05, 0.1) is 6.10 Å². The highest BCUT2D eigenvalue weighted by Gasteiger charge is 2.08. The number of hydrogen-bond donors (Lipinski definition) is 1. The second-order valence-electron chi connectivity index (χ2n) is 5.88. The van der Waals surface area contributed by atoms with Crippen molar-refractivity contribution in [3.8, 4) is 5.75 Å². The van der Waals surface area contributed by atoms with Crippen LogP contribution in [0.3, 0.4) is 0 Å². The number of benzene rings is 1. The molecule has 0 spiro atoms. The van der Waals surface area contributed by atoms with E-state index in [9.17, 15) is 0 Å². The Balaban J connectivity index is 1.75. The van der Waals surface area contributed by atoms with E-state index in [4.69, 9.17) is 4.74 Å². The Hall–Kier alpha value is -1.22. The predicted molar refractivity (Wildman–Crippen MR) is 85.6 cm³/mol. The lowest BCUT2D eigenvalue weighted by Crippen LogP contribution is -2.29. The van der Waals surface area contributed by atoms with Crippen molar-refractivity contribution in [1.82, 2.24) is 4.90 Å². The summed E-state index contributed by atoms with van der Waals surface area (Å²) in [5.41, 5.74) is 1.15. The van der Waals surface area contributed by atoms with E-state index < -0.39 is 0 Å². The molecule has 0 unspecified atom stereocenters. The molecule has 1 aromatic rings. The second-order valence-corrected chi connectivity index (χ2v) is 5.88. The van der Waals surface area contributed by atoms with Crippen LogP contribution >= 0.6 is 0 Å². The van der Waals surface area contributed by atoms with Crippen LogP contribution in [0.4, 0.5) is 5.69 Å². The average molecular weight is 276 g/mol. The first-order chi connectivity index (χ1) is 9.74. The maximum Gasteiger partial charge on any atom is 0.121 e. The lowest BCUT2D eigenvalue weighted by atomic mass is 10.2. The molecule has 0 amide bonds. The summed E-state index contributed by atoms with van der Waals surface area (Å²) < 4.78 is 5.72. The molecule has 0 bridgehead atoms. The topological polar surface area (TPSA) is 24.5 Å². The Morgan fingerprint density at radius 1 is 1.15 bits per heavy atom. The minimum absolute atomic E-state index is 0.224. The van der Waals surface area contributed by atoms with Crippen molar-refractivity contribution in [3.63, 3.8) is 0 Å². The van der Waals surface area contributed by atoms with E-state index in [-0.39, 0.29) is 6.10 Å². The molecule has 3 heteroatoms. The molecular formula is C17H28N2O. The van der Waals surface area contributed by atoms with E-state index in [1.54, 1.807) is 0 Å². The Kier molecular flexibility index (Phi) is 6.19. The van der Waals surface area contributed by atoms with Crippen molar-refractivity contribution in [2.75, 3.05) is 31.5 Å². The van der Waals surface area contributed by atoms with Crippen LogP contribution in [0.1, 0.15) is 39.5 Å². The highest BCUT2D eigenvalue weighted by atomic mass is 16.5. The third-order valence-corrected chi connectivity index (χ3v) is 3.66. The smallest absolute Gasteiger partial charge is 0.121 e. The Morgan fingerprint density at radius 2 is 1.90 bits per heavy atom. The normalized spacial score (nSPS) is 16.9. The fourth-order valence-electron chi connectivity index (χ4n) is 2.67. The molecule has 0 aliphatic carbocycles. The van der Waals surface area contributed by atoms with Crippen LogP contribution < -0.4 is 10.1 Å².